The van der Waals surface area contributed by atoms with Crippen LogP contribution in [0.25, 0.3) is 67.2 Å². The average molecular weight is 570 g/mol. The second-order valence-corrected chi connectivity index (χ2v) is 11.8. The number of hydrogen-bond acceptors (Lipinski definition) is 3. The minimum atomic E-state index is -0.263. The molecular weight excluding hydrogens is 541 g/mol. The van der Waals surface area contributed by atoms with E-state index < -0.39 is 0 Å². The highest BCUT2D eigenvalue weighted by Crippen LogP contribution is 2.54. The van der Waals surface area contributed by atoms with E-state index >= 15 is 0 Å². The molecule has 0 spiro atoms. The Morgan fingerprint density at radius 3 is 1.64 bits per heavy atom. The summed E-state index contributed by atoms with van der Waals surface area (Å²) < 4.78 is 14.6. The van der Waals surface area contributed by atoms with Crippen LogP contribution in [0.5, 0.6) is 0 Å². The van der Waals surface area contributed by atoms with Crippen molar-refractivity contribution in [1.29, 1.82) is 0 Å². The normalized spacial score (nSPS) is 13.1. The highest BCUT2D eigenvalue weighted by molar-refractivity contribution is 6.04. The van der Waals surface area contributed by atoms with Gasteiger partial charge in [-0.2, -0.15) is 0 Å². The summed E-state index contributed by atoms with van der Waals surface area (Å²) in [6, 6.07) is 44.3. The third kappa shape index (κ3) is 4.22. The van der Waals surface area contributed by atoms with Crippen LogP contribution < -0.4 is 0 Å². The predicted molar refractivity (Wildman–Crippen MR) is 177 cm³/mol. The van der Waals surface area contributed by atoms with Gasteiger partial charge < -0.3 is 0 Å². The lowest BCUT2D eigenvalue weighted by Gasteiger charge is -2.24. The van der Waals surface area contributed by atoms with Gasteiger partial charge in [0.2, 0.25) is 0 Å². The maximum absolute atomic E-state index is 14.6. The summed E-state index contributed by atoms with van der Waals surface area (Å²) in [5.41, 5.74) is 9.56. The molecule has 0 aliphatic heterocycles. The summed E-state index contributed by atoms with van der Waals surface area (Å²) >= 11 is 0. The van der Waals surface area contributed by atoms with E-state index in [-0.39, 0.29) is 11.2 Å². The molecule has 44 heavy (non-hydrogen) atoms. The van der Waals surface area contributed by atoms with Crippen molar-refractivity contribution in [2.45, 2.75) is 19.3 Å². The average Bonchev–Trinajstić information content (AvgIpc) is 3.32. The van der Waals surface area contributed by atoms with Crippen molar-refractivity contribution >= 4 is 10.8 Å². The second kappa shape index (κ2) is 10.1. The highest BCUT2D eigenvalue weighted by Gasteiger charge is 2.38. The smallest absolute Gasteiger partial charge is 0.164 e. The van der Waals surface area contributed by atoms with Crippen molar-refractivity contribution < 1.29 is 4.39 Å². The van der Waals surface area contributed by atoms with Gasteiger partial charge in [0, 0.05) is 22.1 Å². The molecular formula is C40H28FN3. The fourth-order valence-electron chi connectivity index (χ4n) is 6.64. The Balaban J connectivity index is 1.29. The van der Waals surface area contributed by atoms with Gasteiger partial charge >= 0.3 is 0 Å². The van der Waals surface area contributed by atoms with Gasteiger partial charge in [0.1, 0.15) is 5.82 Å². The number of aromatic nitrogens is 3. The van der Waals surface area contributed by atoms with Crippen LogP contribution in [0.15, 0.2) is 133 Å². The number of fused-ring (bicyclic) bond motifs is 5. The van der Waals surface area contributed by atoms with Crippen molar-refractivity contribution in [1.82, 2.24) is 15.0 Å². The van der Waals surface area contributed by atoms with E-state index in [1.165, 1.54) is 22.3 Å². The fraction of sp³-hybridized carbons (Fsp3) is 0.0750. The molecule has 0 N–H and O–H groups in total. The zero-order valence-corrected chi connectivity index (χ0v) is 24.4. The Labute approximate surface area is 255 Å². The van der Waals surface area contributed by atoms with Gasteiger partial charge in [-0.05, 0) is 62.4 Å². The van der Waals surface area contributed by atoms with Crippen LogP contribution in [0.4, 0.5) is 4.39 Å². The van der Waals surface area contributed by atoms with Crippen LogP contribution in [-0.4, -0.2) is 15.0 Å². The van der Waals surface area contributed by atoms with Crippen molar-refractivity contribution in [3.8, 4) is 56.4 Å². The molecule has 3 nitrogen and oxygen atoms in total. The predicted octanol–water partition coefficient (Wildman–Crippen LogP) is 10.1. The number of nitrogens with zero attached hydrogens (tertiary/aromatic N) is 3. The van der Waals surface area contributed by atoms with Gasteiger partial charge in [-0.15, -0.1) is 0 Å². The van der Waals surface area contributed by atoms with E-state index in [1.807, 2.05) is 66.7 Å². The molecule has 0 bridgehead atoms. The molecule has 0 unspecified atom stereocenters. The fourth-order valence-corrected chi connectivity index (χ4v) is 6.64. The van der Waals surface area contributed by atoms with Crippen LogP contribution in [0, 0.1) is 5.82 Å². The molecule has 6 aromatic carbocycles. The van der Waals surface area contributed by atoms with Gasteiger partial charge in [-0.1, -0.05) is 129 Å². The van der Waals surface area contributed by atoms with E-state index in [9.17, 15) is 4.39 Å². The van der Waals surface area contributed by atoms with Gasteiger partial charge in [-0.3, -0.25) is 0 Å². The summed E-state index contributed by atoms with van der Waals surface area (Å²) in [4.78, 5) is 14.6. The topological polar surface area (TPSA) is 38.7 Å². The maximum atomic E-state index is 14.6. The Morgan fingerprint density at radius 1 is 0.500 bits per heavy atom. The van der Waals surface area contributed by atoms with Crippen molar-refractivity contribution in [3.63, 3.8) is 0 Å². The van der Waals surface area contributed by atoms with E-state index in [4.69, 9.17) is 15.0 Å². The third-order valence-corrected chi connectivity index (χ3v) is 8.75. The van der Waals surface area contributed by atoms with Crippen LogP contribution in [0.2, 0.25) is 0 Å². The van der Waals surface area contributed by atoms with E-state index in [0.29, 0.717) is 17.5 Å². The van der Waals surface area contributed by atoms with E-state index in [2.05, 4.69) is 68.4 Å². The van der Waals surface area contributed by atoms with Gasteiger partial charge in [0.15, 0.2) is 17.5 Å². The Hall–Kier alpha value is -5.48. The molecule has 0 saturated carbocycles. The lowest BCUT2D eigenvalue weighted by atomic mass is 9.79. The number of hydrogen-bond donors (Lipinski definition) is 0. The first kappa shape index (κ1) is 26.2. The largest absolute Gasteiger partial charge is 0.208 e. The zero-order valence-electron chi connectivity index (χ0n) is 24.4. The van der Waals surface area contributed by atoms with Crippen LogP contribution >= 0.6 is 0 Å². The molecule has 1 aromatic heterocycles. The molecule has 0 fully saturated rings. The minimum absolute atomic E-state index is 0.217. The Morgan fingerprint density at radius 2 is 1.02 bits per heavy atom. The summed E-state index contributed by atoms with van der Waals surface area (Å²) in [6.07, 6.45) is 0. The lowest BCUT2D eigenvalue weighted by molar-refractivity contribution is 0.628. The molecule has 0 saturated heterocycles. The molecule has 7 aromatic rings. The third-order valence-electron chi connectivity index (χ3n) is 8.75. The second-order valence-electron chi connectivity index (χ2n) is 11.8. The highest BCUT2D eigenvalue weighted by atomic mass is 19.1. The van der Waals surface area contributed by atoms with Crippen molar-refractivity contribution in [2.24, 2.45) is 0 Å². The van der Waals surface area contributed by atoms with E-state index in [0.717, 1.165) is 38.6 Å². The van der Waals surface area contributed by atoms with Gasteiger partial charge in [0.25, 0.3) is 0 Å². The number of halogens is 1. The SMILES string of the molecule is CC1(C)c2ccccc2-c2c(-c3ccc(-c4nc(-c5ccccc5)nc(-c5ccccc5)n4)cc3)cc3ccc(F)cc3c21. The standard InChI is InChI=1S/C40H28FN3/c1-40(2)34-16-10-9-15-31(34)35-32(23-29-21-22-30(41)24-33(29)36(35)40)25-17-19-28(20-18-25)39-43-37(26-11-5-3-6-12-26)42-38(44-39)27-13-7-4-8-14-27/h3-24H,1-2H3. The first-order valence-corrected chi connectivity index (χ1v) is 14.8. The van der Waals surface area contributed by atoms with Gasteiger partial charge in [-0.25, -0.2) is 19.3 Å². The molecule has 8 rings (SSSR count). The molecule has 210 valence electrons. The minimum Gasteiger partial charge on any atom is -0.208 e. The van der Waals surface area contributed by atoms with Crippen molar-refractivity contribution in [3.05, 3.63) is 150 Å². The van der Waals surface area contributed by atoms with Crippen molar-refractivity contribution in [2.75, 3.05) is 0 Å². The monoisotopic (exact) mass is 569 g/mol. The molecule has 0 atom stereocenters. The van der Waals surface area contributed by atoms with Crippen LogP contribution in [-0.2, 0) is 5.41 Å². The molecule has 1 aliphatic carbocycles. The first-order chi connectivity index (χ1) is 21.5. The lowest BCUT2D eigenvalue weighted by Crippen LogP contribution is -2.15. The summed E-state index contributed by atoms with van der Waals surface area (Å²) in [7, 11) is 0. The van der Waals surface area contributed by atoms with Crippen LogP contribution in [0.1, 0.15) is 25.0 Å². The van der Waals surface area contributed by atoms with Gasteiger partial charge in [0.05, 0.1) is 0 Å². The summed E-state index contributed by atoms with van der Waals surface area (Å²) in [5.74, 6) is 1.68. The maximum Gasteiger partial charge on any atom is 0.164 e. The zero-order chi connectivity index (χ0) is 29.8. The number of rotatable bonds is 4. The molecule has 1 heterocycles. The molecule has 1 aliphatic rings. The molecule has 0 radical (unpaired) electrons. The summed E-state index contributed by atoms with van der Waals surface area (Å²) in [6.45, 7) is 4.48. The number of benzene rings is 6. The van der Waals surface area contributed by atoms with Crippen LogP contribution in [0.3, 0.4) is 0 Å². The molecule has 0 amide bonds. The quantitative estimate of drug-likeness (QED) is 0.212. The molecule has 4 heteroatoms. The van der Waals surface area contributed by atoms with E-state index in [1.54, 1.807) is 12.1 Å². The Bertz CT molecular complexity index is 2130. The first-order valence-electron chi connectivity index (χ1n) is 14.8. The Kier molecular flexibility index (Phi) is 5.98. The summed E-state index contributed by atoms with van der Waals surface area (Å²) in [5, 5.41) is 2.00.